The molecule has 0 radical (unpaired) electrons. The normalized spacial score (nSPS) is 18.0. The van der Waals surface area contributed by atoms with E-state index in [0.717, 1.165) is 54.3 Å². The van der Waals surface area contributed by atoms with E-state index in [1.807, 2.05) is 0 Å². The predicted octanol–water partition coefficient (Wildman–Crippen LogP) is 1.49. The molecular weight excluding hydrogens is 292 g/mol. The maximum atomic E-state index is 4.97. The van der Waals surface area contributed by atoms with E-state index in [-0.39, 0.29) is 0 Å². The molecule has 0 unspecified atom stereocenters. The summed E-state index contributed by atoms with van der Waals surface area (Å²) in [5, 5.41) is 3.36. The molecule has 22 heavy (non-hydrogen) atoms. The van der Waals surface area contributed by atoms with Gasteiger partial charge in [-0.2, -0.15) is 0 Å². The first-order valence-corrected chi connectivity index (χ1v) is 8.65. The van der Waals surface area contributed by atoms with Crippen molar-refractivity contribution in [2.24, 2.45) is 4.99 Å². The molecule has 2 aromatic heterocycles. The monoisotopic (exact) mass is 312 g/mol. The van der Waals surface area contributed by atoms with Crippen LogP contribution in [0.15, 0.2) is 22.5 Å². The summed E-state index contributed by atoms with van der Waals surface area (Å²) in [5.41, 5.74) is 4.52. The number of nitrogens with zero attached hydrogens (tertiary/aromatic N) is 4. The van der Waals surface area contributed by atoms with Crippen molar-refractivity contribution >= 4 is 28.8 Å². The molecule has 2 aliphatic rings. The fourth-order valence-corrected chi connectivity index (χ4v) is 3.91. The number of aromatic nitrogens is 1. The number of hydrogen-bond acceptors (Lipinski definition) is 5. The van der Waals surface area contributed by atoms with Crippen LogP contribution in [0.3, 0.4) is 0 Å². The lowest BCUT2D eigenvalue weighted by atomic mass is 10.1. The fourth-order valence-electron chi connectivity index (χ4n) is 3.13. The summed E-state index contributed by atoms with van der Waals surface area (Å²) in [6.45, 7) is 6.41. The number of piperazine rings is 1. The molecular formula is C17H20N4S. The Balaban J connectivity index is 1.85. The van der Waals surface area contributed by atoms with Crippen molar-refractivity contribution in [3.05, 3.63) is 38.8 Å². The molecule has 1 fully saturated rings. The summed E-state index contributed by atoms with van der Waals surface area (Å²) in [7, 11) is 2.19. The first-order chi connectivity index (χ1) is 10.7. The van der Waals surface area contributed by atoms with Crippen molar-refractivity contribution < 1.29 is 0 Å². The first kappa shape index (κ1) is 13.9. The van der Waals surface area contributed by atoms with Gasteiger partial charge in [0.2, 0.25) is 0 Å². The standard InChI is InChI=1S/C17H20N4S/c1-12-11-15(21-8-6-20(2)7-9-21)16-14(18-12)4-3-13-5-10-22-17(13)19-16/h3,5,10-11H,4,6-9H2,1-2H3. The van der Waals surface area contributed by atoms with Crippen molar-refractivity contribution in [1.29, 1.82) is 0 Å². The Morgan fingerprint density at radius 2 is 2.00 bits per heavy atom. The van der Waals surface area contributed by atoms with Crippen LogP contribution in [0.1, 0.15) is 11.4 Å². The van der Waals surface area contributed by atoms with Crippen LogP contribution in [-0.4, -0.2) is 43.1 Å². The molecule has 0 N–H and O–H groups in total. The quantitative estimate of drug-likeness (QED) is 0.800. The van der Waals surface area contributed by atoms with Crippen LogP contribution in [0.5, 0.6) is 0 Å². The van der Waals surface area contributed by atoms with Gasteiger partial charge in [-0.25, -0.2) is 4.99 Å². The van der Waals surface area contributed by atoms with Crippen molar-refractivity contribution in [1.82, 2.24) is 9.88 Å². The lowest BCUT2D eigenvalue weighted by Crippen LogP contribution is -2.44. The van der Waals surface area contributed by atoms with Gasteiger partial charge in [0.05, 0.1) is 11.4 Å². The molecule has 4 heterocycles. The molecule has 0 atom stereocenters. The van der Waals surface area contributed by atoms with Gasteiger partial charge in [-0.1, -0.05) is 6.08 Å². The third-order valence-corrected chi connectivity index (χ3v) is 5.24. The Morgan fingerprint density at radius 3 is 2.82 bits per heavy atom. The van der Waals surface area contributed by atoms with Gasteiger partial charge >= 0.3 is 0 Å². The van der Waals surface area contributed by atoms with Crippen LogP contribution in [0.25, 0.3) is 6.08 Å². The topological polar surface area (TPSA) is 31.7 Å². The summed E-state index contributed by atoms with van der Waals surface area (Å²) in [5.74, 6) is 0. The number of hydrogen-bond donors (Lipinski definition) is 0. The number of aryl methyl sites for hydroxylation is 1. The molecule has 114 valence electrons. The number of anilines is 1. The molecule has 1 saturated heterocycles. The number of rotatable bonds is 1. The largest absolute Gasteiger partial charge is 0.367 e. The number of pyridine rings is 1. The lowest BCUT2D eigenvalue weighted by Gasteiger charge is -2.35. The van der Waals surface area contributed by atoms with Gasteiger partial charge in [-0.3, -0.25) is 4.98 Å². The van der Waals surface area contributed by atoms with Gasteiger partial charge in [0.25, 0.3) is 0 Å². The number of likely N-dealkylation sites (N-methyl/N-ethyl adjacent to an activating group) is 1. The third-order valence-electron chi connectivity index (χ3n) is 4.42. The van der Waals surface area contributed by atoms with E-state index in [1.165, 1.54) is 10.9 Å². The zero-order valence-electron chi connectivity index (χ0n) is 13.0. The Bertz CT molecular complexity index is 816. The fraction of sp³-hybridized carbons (Fsp3) is 0.412. The van der Waals surface area contributed by atoms with Gasteiger partial charge in [0.15, 0.2) is 0 Å². The van der Waals surface area contributed by atoms with E-state index in [4.69, 9.17) is 9.98 Å². The van der Waals surface area contributed by atoms with Crippen molar-refractivity contribution in [2.75, 3.05) is 38.1 Å². The molecule has 0 saturated carbocycles. The van der Waals surface area contributed by atoms with Crippen LogP contribution >= 0.6 is 11.3 Å². The second-order valence-corrected chi connectivity index (χ2v) is 6.96. The van der Waals surface area contributed by atoms with Crippen LogP contribution < -0.4 is 14.8 Å². The predicted molar refractivity (Wildman–Crippen MR) is 91.6 cm³/mol. The molecule has 2 aromatic rings. The second-order valence-electron chi connectivity index (χ2n) is 6.07. The Labute approximate surface area is 134 Å². The van der Waals surface area contributed by atoms with E-state index >= 15 is 0 Å². The van der Waals surface area contributed by atoms with Gasteiger partial charge in [-0.15, -0.1) is 11.3 Å². The molecule has 4 rings (SSSR count). The zero-order chi connectivity index (χ0) is 15.1. The van der Waals surface area contributed by atoms with Crippen molar-refractivity contribution in [2.45, 2.75) is 13.3 Å². The maximum absolute atomic E-state index is 4.97. The minimum atomic E-state index is 0.866. The summed E-state index contributed by atoms with van der Waals surface area (Å²) < 4.78 is 1.11. The highest BCUT2D eigenvalue weighted by atomic mass is 32.1. The van der Waals surface area contributed by atoms with E-state index < -0.39 is 0 Å². The Kier molecular flexibility index (Phi) is 3.47. The third kappa shape index (κ3) is 2.44. The number of thiophene rings is 1. The highest BCUT2D eigenvalue weighted by Crippen LogP contribution is 2.33. The SMILES string of the molecule is Cc1cc(N2CCN(C)CC2)c2c(n1)CC=c1ccsc1=N2. The summed E-state index contributed by atoms with van der Waals surface area (Å²) in [6, 6.07) is 4.35. The number of fused-ring (bicyclic) bond motifs is 2. The summed E-state index contributed by atoms with van der Waals surface area (Å²) >= 11 is 1.71. The van der Waals surface area contributed by atoms with Crippen LogP contribution in [0.2, 0.25) is 0 Å². The van der Waals surface area contributed by atoms with Crippen LogP contribution in [0.4, 0.5) is 11.4 Å². The minimum absolute atomic E-state index is 0.866. The van der Waals surface area contributed by atoms with Crippen LogP contribution in [0, 0.1) is 6.92 Å². The highest BCUT2D eigenvalue weighted by molar-refractivity contribution is 7.07. The minimum Gasteiger partial charge on any atom is -0.367 e. The lowest BCUT2D eigenvalue weighted by molar-refractivity contribution is 0.313. The average Bonchev–Trinajstić information content (AvgIpc) is 2.88. The van der Waals surface area contributed by atoms with Gasteiger partial charge in [-0.05, 0) is 31.5 Å². The van der Waals surface area contributed by atoms with E-state index in [2.05, 4.69) is 47.4 Å². The van der Waals surface area contributed by atoms with Crippen molar-refractivity contribution in [3.8, 4) is 0 Å². The molecule has 0 spiro atoms. The van der Waals surface area contributed by atoms with Gasteiger partial charge in [0.1, 0.15) is 10.4 Å². The Hall–Kier alpha value is -1.72. The summed E-state index contributed by atoms with van der Waals surface area (Å²) in [4.78, 5) is 14.6. The van der Waals surface area contributed by atoms with Crippen LogP contribution in [-0.2, 0) is 6.42 Å². The van der Waals surface area contributed by atoms with Gasteiger partial charge in [0, 0.05) is 43.5 Å². The highest BCUT2D eigenvalue weighted by Gasteiger charge is 2.20. The van der Waals surface area contributed by atoms with Gasteiger partial charge < -0.3 is 9.80 Å². The summed E-state index contributed by atoms with van der Waals surface area (Å²) in [6.07, 6.45) is 3.12. The second kappa shape index (κ2) is 5.48. The molecule has 5 heteroatoms. The maximum Gasteiger partial charge on any atom is 0.123 e. The molecule has 2 aliphatic heterocycles. The van der Waals surface area contributed by atoms with Crippen molar-refractivity contribution in [3.63, 3.8) is 0 Å². The average molecular weight is 312 g/mol. The van der Waals surface area contributed by atoms with E-state index in [1.54, 1.807) is 11.3 Å². The molecule has 0 bridgehead atoms. The first-order valence-electron chi connectivity index (χ1n) is 7.77. The zero-order valence-corrected chi connectivity index (χ0v) is 13.9. The molecule has 4 nitrogen and oxygen atoms in total. The van der Waals surface area contributed by atoms with E-state index in [9.17, 15) is 0 Å². The molecule has 0 aliphatic carbocycles. The molecule has 0 amide bonds. The molecule has 0 aromatic carbocycles. The smallest absolute Gasteiger partial charge is 0.123 e. The Morgan fingerprint density at radius 1 is 1.18 bits per heavy atom. The van der Waals surface area contributed by atoms with E-state index in [0.29, 0.717) is 0 Å².